The topological polar surface area (TPSA) is 80.4 Å². The van der Waals surface area contributed by atoms with Gasteiger partial charge in [-0.05, 0) is 17.7 Å². The first-order valence-electron chi connectivity index (χ1n) is 5.11. The van der Waals surface area contributed by atoms with Crippen LogP contribution in [0.5, 0.6) is 0 Å². The lowest BCUT2D eigenvalue weighted by Crippen LogP contribution is -2.24. The number of carbonyl (C=O) groups excluding carboxylic acids is 1. The maximum absolute atomic E-state index is 12.3. The van der Waals surface area contributed by atoms with Gasteiger partial charge in [-0.1, -0.05) is 23.7 Å². The van der Waals surface area contributed by atoms with Crippen molar-refractivity contribution in [2.75, 3.05) is 0 Å². The number of rotatable bonds is 5. The Labute approximate surface area is 112 Å². The largest absolute Gasteiger partial charge is 0.477 e. The third-order valence-electron chi connectivity index (χ3n) is 2.29. The molecular formula is C12H10ClF2NO3. The van der Waals surface area contributed by atoms with Gasteiger partial charge in [0, 0.05) is 17.1 Å². The second-order valence-corrected chi connectivity index (χ2v) is 4.11. The Kier molecular flexibility index (Phi) is 5.00. The summed E-state index contributed by atoms with van der Waals surface area (Å²) in [5.41, 5.74) is 4.50. The first kappa shape index (κ1) is 15.1. The van der Waals surface area contributed by atoms with Crippen molar-refractivity contribution in [2.45, 2.75) is 12.8 Å². The zero-order valence-corrected chi connectivity index (χ0v) is 10.3. The number of carboxylic acid groups (broad SMARTS) is 1. The van der Waals surface area contributed by atoms with Gasteiger partial charge < -0.3 is 10.8 Å². The first-order chi connectivity index (χ1) is 8.82. The van der Waals surface area contributed by atoms with Gasteiger partial charge in [0.15, 0.2) is 0 Å². The van der Waals surface area contributed by atoms with Crippen molar-refractivity contribution in [1.82, 2.24) is 0 Å². The van der Waals surface area contributed by atoms with E-state index >= 15 is 0 Å². The normalized spacial score (nSPS) is 12.2. The number of aliphatic carboxylic acids is 1. The first-order valence-corrected chi connectivity index (χ1v) is 5.49. The number of carboxylic acids is 1. The van der Waals surface area contributed by atoms with Crippen molar-refractivity contribution >= 4 is 23.4 Å². The molecule has 0 saturated heterocycles. The zero-order chi connectivity index (χ0) is 14.6. The van der Waals surface area contributed by atoms with Crippen LogP contribution in [0.1, 0.15) is 5.56 Å². The zero-order valence-electron chi connectivity index (χ0n) is 9.57. The van der Waals surface area contributed by atoms with Crippen LogP contribution in [-0.2, 0) is 16.0 Å². The summed E-state index contributed by atoms with van der Waals surface area (Å²) in [6, 6.07) is 6.20. The fourth-order valence-electron chi connectivity index (χ4n) is 1.42. The average molecular weight is 290 g/mol. The molecule has 1 rings (SSSR count). The quantitative estimate of drug-likeness (QED) is 0.494. The molecule has 0 saturated carbocycles. The Bertz CT molecular complexity index is 526. The lowest BCUT2D eigenvalue weighted by Gasteiger charge is -2.07. The van der Waals surface area contributed by atoms with Crippen LogP contribution in [0.2, 0.25) is 5.02 Å². The molecule has 0 aliphatic rings. The Morgan fingerprint density at radius 2 is 1.79 bits per heavy atom. The van der Waals surface area contributed by atoms with Crippen molar-refractivity contribution in [2.24, 2.45) is 5.73 Å². The molecule has 0 fully saturated rings. The molecule has 0 heterocycles. The SMILES string of the molecule is N/C(Cc1ccc(Cl)cc1)=C(\C(=O)O)C(=O)C(F)F. The molecule has 0 unspecified atom stereocenters. The highest BCUT2D eigenvalue weighted by atomic mass is 35.5. The molecule has 0 spiro atoms. The summed E-state index contributed by atoms with van der Waals surface area (Å²) < 4.78 is 24.5. The maximum atomic E-state index is 12.3. The lowest BCUT2D eigenvalue weighted by molar-refractivity contribution is -0.137. The van der Waals surface area contributed by atoms with E-state index in [4.69, 9.17) is 22.4 Å². The summed E-state index contributed by atoms with van der Waals surface area (Å²) in [7, 11) is 0. The van der Waals surface area contributed by atoms with Crippen LogP contribution in [0.4, 0.5) is 8.78 Å². The van der Waals surface area contributed by atoms with Crippen LogP contribution in [0.3, 0.4) is 0 Å². The van der Waals surface area contributed by atoms with Crippen molar-refractivity contribution in [3.63, 3.8) is 0 Å². The average Bonchev–Trinajstić information content (AvgIpc) is 2.31. The molecule has 0 radical (unpaired) electrons. The monoisotopic (exact) mass is 289 g/mol. The molecule has 0 aromatic heterocycles. The van der Waals surface area contributed by atoms with Gasteiger partial charge in [0.25, 0.3) is 0 Å². The van der Waals surface area contributed by atoms with Crippen molar-refractivity contribution in [3.8, 4) is 0 Å². The number of halogens is 3. The van der Waals surface area contributed by atoms with E-state index in [1.54, 1.807) is 24.3 Å². The van der Waals surface area contributed by atoms with E-state index in [9.17, 15) is 18.4 Å². The lowest BCUT2D eigenvalue weighted by atomic mass is 10.0. The van der Waals surface area contributed by atoms with Crippen LogP contribution in [0.15, 0.2) is 35.5 Å². The summed E-state index contributed by atoms with van der Waals surface area (Å²) in [4.78, 5) is 21.9. The number of Topliss-reactive ketones (excluding diaryl/α,β-unsaturated/α-hetero) is 1. The van der Waals surface area contributed by atoms with Gasteiger partial charge in [-0.2, -0.15) is 0 Å². The maximum Gasteiger partial charge on any atom is 0.341 e. The molecular weight excluding hydrogens is 280 g/mol. The van der Waals surface area contributed by atoms with E-state index < -0.39 is 29.4 Å². The van der Waals surface area contributed by atoms with Crippen molar-refractivity contribution in [1.29, 1.82) is 0 Å². The molecule has 4 nitrogen and oxygen atoms in total. The number of carbonyl (C=O) groups is 2. The van der Waals surface area contributed by atoms with Crippen LogP contribution in [0, 0.1) is 0 Å². The molecule has 0 aliphatic carbocycles. The van der Waals surface area contributed by atoms with E-state index in [1.807, 2.05) is 0 Å². The van der Waals surface area contributed by atoms with E-state index in [-0.39, 0.29) is 6.42 Å². The fraction of sp³-hybridized carbons (Fsp3) is 0.167. The van der Waals surface area contributed by atoms with Gasteiger partial charge in [-0.25, -0.2) is 13.6 Å². The Morgan fingerprint density at radius 3 is 2.21 bits per heavy atom. The third-order valence-corrected chi connectivity index (χ3v) is 2.54. The smallest absolute Gasteiger partial charge is 0.341 e. The number of nitrogens with two attached hydrogens (primary N) is 1. The standard InChI is InChI=1S/C12H10ClF2NO3/c13-7-3-1-6(2-4-7)5-8(16)9(12(18)19)10(17)11(14)15/h1-4,11H,5,16H2,(H,18,19)/b9-8-. The van der Waals surface area contributed by atoms with E-state index in [0.29, 0.717) is 10.6 Å². The van der Waals surface area contributed by atoms with Crippen molar-refractivity contribution < 1.29 is 23.5 Å². The predicted octanol–water partition coefficient (Wildman–Crippen LogP) is 2.01. The molecule has 1 aromatic rings. The minimum Gasteiger partial charge on any atom is -0.477 e. The molecule has 0 bridgehead atoms. The number of alkyl halides is 2. The summed E-state index contributed by atoms with van der Waals surface area (Å²) in [5.74, 6) is -3.56. The molecule has 3 N–H and O–H groups in total. The highest BCUT2D eigenvalue weighted by Gasteiger charge is 2.28. The van der Waals surface area contributed by atoms with Gasteiger partial charge >= 0.3 is 12.4 Å². The summed E-state index contributed by atoms with van der Waals surface area (Å²) in [5, 5.41) is 9.24. The summed E-state index contributed by atoms with van der Waals surface area (Å²) in [6.07, 6.45) is -3.54. The summed E-state index contributed by atoms with van der Waals surface area (Å²) in [6.45, 7) is 0. The van der Waals surface area contributed by atoms with E-state index in [0.717, 1.165) is 0 Å². The third kappa shape index (κ3) is 4.03. The number of allylic oxidation sites excluding steroid dienone is 1. The number of hydrogen-bond donors (Lipinski definition) is 2. The highest BCUT2D eigenvalue weighted by molar-refractivity contribution is 6.30. The predicted molar refractivity (Wildman–Crippen MR) is 65.0 cm³/mol. The molecule has 0 atom stereocenters. The number of benzene rings is 1. The van der Waals surface area contributed by atoms with Crippen LogP contribution >= 0.6 is 11.6 Å². The molecule has 0 aliphatic heterocycles. The van der Waals surface area contributed by atoms with Gasteiger partial charge in [0.2, 0.25) is 5.78 Å². The Morgan fingerprint density at radius 1 is 1.26 bits per heavy atom. The molecule has 1 aromatic carbocycles. The van der Waals surface area contributed by atoms with Gasteiger partial charge in [0.1, 0.15) is 5.57 Å². The van der Waals surface area contributed by atoms with Crippen LogP contribution in [-0.4, -0.2) is 23.3 Å². The van der Waals surface area contributed by atoms with Crippen LogP contribution in [0.25, 0.3) is 0 Å². The Balaban J connectivity index is 3.06. The molecule has 7 heteroatoms. The van der Waals surface area contributed by atoms with E-state index in [1.165, 1.54) is 0 Å². The van der Waals surface area contributed by atoms with Crippen molar-refractivity contribution in [3.05, 3.63) is 46.1 Å². The van der Waals surface area contributed by atoms with E-state index in [2.05, 4.69) is 0 Å². The summed E-state index contributed by atoms with van der Waals surface area (Å²) >= 11 is 5.66. The second-order valence-electron chi connectivity index (χ2n) is 3.67. The highest BCUT2D eigenvalue weighted by Crippen LogP contribution is 2.15. The minimum atomic E-state index is -3.41. The van der Waals surface area contributed by atoms with Gasteiger partial charge in [0.05, 0.1) is 0 Å². The number of hydrogen-bond acceptors (Lipinski definition) is 3. The molecule has 19 heavy (non-hydrogen) atoms. The molecule has 0 amide bonds. The van der Waals surface area contributed by atoms with Gasteiger partial charge in [-0.15, -0.1) is 0 Å². The van der Waals surface area contributed by atoms with Gasteiger partial charge in [-0.3, -0.25) is 4.79 Å². The Hall–Kier alpha value is -1.95. The van der Waals surface area contributed by atoms with Crippen LogP contribution < -0.4 is 5.73 Å². The molecule has 102 valence electrons. The fourth-order valence-corrected chi connectivity index (χ4v) is 1.55. The minimum absolute atomic E-state index is 0.128. The second kappa shape index (κ2) is 6.29. The number of ketones is 1.